The standard InChI is InChI=1S/C19H19ClN2O5/c1-12-6-4-5-7-14(12)19(24)22-21-10-13-8-15(20)18(16(9-13)25-2)27-11-17(23)26-3/h4-10H,11H2,1-3H3,(H,22,24)/b21-10+. The van der Waals surface area contributed by atoms with Gasteiger partial charge in [-0.2, -0.15) is 5.10 Å². The van der Waals surface area contributed by atoms with Gasteiger partial charge in [0.25, 0.3) is 5.91 Å². The molecule has 2 aromatic rings. The molecule has 0 atom stereocenters. The number of amides is 1. The van der Waals surface area contributed by atoms with E-state index in [1.165, 1.54) is 20.4 Å². The molecule has 27 heavy (non-hydrogen) atoms. The maximum atomic E-state index is 12.1. The fourth-order valence-corrected chi connectivity index (χ4v) is 2.47. The van der Waals surface area contributed by atoms with Gasteiger partial charge < -0.3 is 14.2 Å². The number of hydrogen-bond acceptors (Lipinski definition) is 6. The van der Waals surface area contributed by atoms with Crippen LogP contribution < -0.4 is 14.9 Å². The lowest BCUT2D eigenvalue weighted by atomic mass is 10.1. The number of rotatable bonds is 7. The number of hydrogen-bond donors (Lipinski definition) is 1. The molecular weight excluding hydrogens is 372 g/mol. The molecule has 0 fully saturated rings. The Morgan fingerprint density at radius 1 is 1.22 bits per heavy atom. The first kappa shape index (κ1) is 20.3. The van der Waals surface area contributed by atoms with Gasteiger partial charge in [0.15, 0.2) is 18.1 Å². The summed E-state index contributed by atoms with van der Waals surface area (Å²) in [5.41, 5.74) is 4.43. The minimum Gasteiger partial charge on any atom is -0.493 e. The van der Waals surface area contributed by atoms with Gasteiger partial charge in [-0.25, -0.2) is 10.2 Å². The molecule has 0 aliphatic rings. The lowest BCUT2D eigenvalue weighted by Crippen LogP contribution is -2.18. The first-order valence-corrected chi connectivity index (χ1v) is 8.30. The van der Waals surface area contributed by atoms with Crippen LogP contribution in [0.5, 0.6) is 11.5 Å². The highest BCUT2D eigenvalue weighted by molar-refractivity contribution is 6.32. The molecule has 2 rings (SSSR count). The number of methoxy groups -OCH3 is 2. The van der Waals surface area contributed by atoms with E-state index in [4.69, 9.17) is 21.1 Å². The predicted molar refractivity (Wildman–Crippen MR) is 102 cm³/mol. The predicted octanol–water partition coefficient (Wildman–Crippen LogP) is 2.97. The van der Waals surface area contributed by atoms with Crippen LogP contribution in [0.15, 0.2) is 41.5 Å². The monoisotopic (exact) mass is 390 g/mol. The number of nitrogens with zero attached hydrogens (tertiary/aromatic N) is 1. The van der Waals surface area contributed by atoms with Gasteiger partial charge in [-0.15, -0.1) is 0 Å². The van der Waals surface area contributed by atoms with Crippen LogP contribution in [-0.4, -0.2) is 38.9 Å². The van der Waals surface area contributed by atoms with Crippen LogP contribution in [0.2, 0.25) is 5.02 Å². The Labute approximate surface area is 161 Å². The molecule has 8 heteroatoms. The molecule has 0 radical (unpaired) electrons. The van der Waals surface area contributed by atoms with E-state index >= 15 is 0 Å². The summed E-state index contributed by atoms with van der Waals surface area (Å²) >= 11 is 6.19. The third-order valence-electron chi connectivity index (χ3n) is 3.58. The van der Waals surface area contributed by atoms with Crippen molar-refractivity contribution in [1.29, 1.82) is 0 Å². The van der Waals surface area contributed by atoms with Crippen LogP contribution in [0.25, 0.3) is 0 Å². The fraction of sp³-hybridized carbons (Fsp3) is 0.211. The third kappa shape index (κ3) is 5.46. The highest BCUT2D eigenvalue weighted by atomic mass is 35.5. The second-order valence-electron chi connectivity index (χ2n) is 5.41. The highest BCUT2D eigenvalue weighted by Crippen LogP contribution is 2.36. The first-order valence-electron chi connectivity index (χ1n) is 7.92. The number of esters is 1. The number of hydrazone groups is 1. The molecule has 1 amide bonds. The number of benzene rings is 2. The molecule has 1 N–H and O–H groups in total. The molecule has 0 saturated heterocycles. The van der Waals surface area contributed by atoms with Crippen LogP contribution in [-0.2, 0) is 9.53 Å². The Balaban J connectivity index is 2.11. The summed E-state index contributed by atoms with van der Waals surface area (Å²) in [5, 5.41) is 4.17. The zero-order valence-electron chi connectivity index (χ0n) is 15.1. The zero-order valence-corrected chi connectivity index (χ0v) is 15.9. The molecule has 7 nitrogen and oxygen atoms in total. The van der Waals surface area contributed by atoms with Crippen molar-refractivity contribution in [2.24, 2.45) is 5.10 Å². The van der Waals surface area contributed by atoms with E-state index in [2.05, 4.69) is 15.3 Å². The number of aryl methyl sites for hydroxylation is 1. The van der Waals surface area contributed by atoms with E-state index in [-0.39, 0.29) is 23.3 Å². The lowest BCUT2D eigenvalue weighted by molar-refractivity contribution is -0.142. The van der Waals surface area contributed by atoms with Gasteiger partial charge in [-0.05, 0) is 36.2 Å². The normalized spacial score (nSPS) is 10.5. The summed E-state index contributed by atoms with van der Waals surface area (Å²) in [6, 6.07) is 10.4. The topological polar surface area (TPSA) is 86.2 Å². The van der Waals surface area contributed by atoms with Crippen molar-refractivity contribution in [3.05, 3.63) is 58.1 Å². The fourth-order valence-electron chi connectivity index (χ4n) is 2.20. The summed E-state index contributed by atoms with van der Waals surface area (Å²) in [6.45, 7) is 1.54. The Bertz CT molecular complexity index is 867. The lowest BCUT2D eigenvalue weighted by Gasteiger charge is -2.12. The number of carbonyl (C=O) groups excluding carboxylic acids is 2. The molecule has 0 aliphatic carbocycles. The average molecular weight is 391 g/mol. The van der Waals surface area contributed by atoms with Crippen LogP contribution in [0.1, 0.15) is 21.5 Å². The van der Waals surface area contributed by atoms with E-state index in [0.717, 1.165) is 5.56 Å². The van der Waals surface area contributed by atoms with Gasteiger partial charge in [0.2, 0.25) is 0 Å². The maximum absolute atomic E-state index is 12.1. The van der Waals surface area contributed by atoms with Crippen LogP contribution in [0.4, 0.5) is 0 Å². The largest absolute Gasteiger partial charge is 0.493 e. The van der Waals surface area contributed by atoms with E-state index in [9.17, 15) is 9.59 Å². The molecule has 0 heterocycles. The van der Waals surface area contributed by atoms with Crippen LogP contribution in [0.3, 0.4) is 0 Å². The van der Waals surface area contributed by atoms with Crippen molar-refractivity contribution in [3.63, 3.8) is 0 Å². The second kappa shape index (κ2) is 9.59. The molecule has 2 aromatic carbocycles. The first-order chi connectivity index (χ1) is 13.0. The molecule has 0 spiro atoms. The van der Waals surface area contributed by atoms with Crippen molar-refractivity contribution in [3.8, 4) is 11.5 Å². The van der Waals surface area contributed by atoms with Crippen molar-refractivity contribution >= 4 is 29.7 Å². The summed E-state index contributed by atoms with van der Waals surface area (Å²) in [7, 11) is 2.70. The summed E-state index contributed by atoms with van der Waals surface area (Å²) in [5.74, 6) is -0.332. The summed E-state index contributed by atoms with van der Waals surface area (Å²) in [6.07, 6.45) is 1.43. The molecule has 0 unspecified atom stereocenters. The smallest absolute Gasteiger partial charge is 0.343 e. The molecule has 0 bridgehead atoms. The number of nitrogens with one attached hydrogen (secondary N) is 1. The van der Waals surface area contributed by atoms with Gasteiger partial charge in [0, 0.05) is 5.56 Å². The quantitative estimate of drug-likeness (QED) is 0.446. The number of halogens is 1. The number of carbonyl (C=O) groups is 2. The van der Waals surface area contributed by atoms with Crippen LogP contribution in [0, 0.1) is 6.92 Å². The van der Waals surface area contributed by atoms with Crippen molar-refractivity contribution < 1.29 is 23.8 Å². The Morgan fingerprint density at radius 2 is 1.96 bits per heavy atom. The van der Waals surface area contributed by atoms with Gasteiger partial charge in [-0.3, -0.25) is 4.79 Å². The highest BCUT2D eigenvalue weighted by Gasteiger charge is 2.14. The second-order valence-corrected chi connectivity index (χ2v) is 5.82. The van der Waals surface area contributed by atoms with E-state index in [1.807, 2.05) is 19.1 Å². The van der Waals surface area contributed by atoms with E-state index < -0.39 is 5.97 Å². The molecule has 142 valence electrons. The van der Waals surface area contributed by atoms with Crippen molar-refractivity contribution in [2.45, 2.75) is 6.92 Å². The Morgan fingerprint density at radius 3 is 2.63 bits per heavy atom. The number of ether oxygens (including phenoxy) is 3. The molecule has 0 aliphatic heterocycles. The SMILES string of the molecule is COC(=O)COc1c(Cl)cc(/C=N/NC(=O)c2ccccc2C)cc1OC. The van der Waals surface area contributed by atoms with Gasteiger partial charge in [0.05, 0.1) is 25.5 Å². The minimum absolute atomic E-state index is 0.214. The zero-order chi connectivity index (χ0) is 19.8. The summed E-state index contributed by atoms with van der Waals surface area (Å²) in [4.78, 5) is 23.4. The van der Waals surface area contributed by atoms with Crippen LogP contribution >= 0.6 is 11.6 Å². The molecule has 0 saturated carbocycles. The Kier molecular flexibility index (Phi) is 7.19. The van der Waals surface area contributed by atoms with Gasteiger partial charge in [-0.1, -0.05) is 29.8 Å². The van der Waals surface area contributed by atoms with Gasteiger partial charge >= 0.3 is 5.97 Å². The van der Waals surface area contributed by atoms with Gasteiger partial charge in [0.1, 0.15) is 0 Å². The summed E-state index contributed by atoms with van der Waals surface area (Å²) < 4.78 is 15.1. The van der Waals surface area contributed by atoms with Crippen molar-refractivity contribution in [2.75, 3.05) is 20.8 Å². The molecule has 0 aromatic heterocycles. The third-order valence-corrected chi connectivity index (χ3v) is 3.86. The molecular formula is C19H19ClN2O5. The average Bonchev–Trinajstić information content (AvgIpc) is 2.66. The van der Waals surface area contributed by atoms with Crippen molar-refractivity contribution in [1.82, 2.24) is 5.43 Å². The maximum Gasteiger partial charge on any atom is 0.343 e. The van der Waals surface area contributed by atoms with E-state index in [0.29, 0.717) is 16.9 Å². The Hall–Kier alpha value is -3.06. The van der Waals surface area contributed by atoms with E-state index in [1.54, 1.807) is 24.3 Å². The minimum atomic E-state index is -0.544.